The standard InChI is InChI=1S/C12H16BrNO4S/c1-8-11(13)4-9(6-15)5-12(8)19(16,17)14-10-2-3-18-7-10/h4-5,10,14-15H,2-3,6-7H2,1H3. The second-order valence-corrected chi connectivity index (χ2v) is 7.08. The summed E-state index contributed by atoms with van der Waals surface area (Å²) in [6, 6.07) is 3.03. The van der Waals surface area contributed by atoms with E-state index in [1.165, 1.54) is 6.07 Å². The normalized spacial score (nSPS) is 19.8. The molecule has 1 heterocycles. The number of halogens is 1. The van der Waals surface area contributed by atoms with Crippen molar-refractivity contribution < 1.29 is 18.3 Å². The largest absolute Gasteiger partial charge is 0.392 e. The first-order chi connectivity index (χ1) is 8.94. The number of sulfonamides is 1. The molecule has 0 amide bonds. The number of nitrogens with one attached hydrogen (secondary N) is 1. The average molecular weight is 350 g/mol. The zero-order valence-corrected chi connectivity index (χ0v) is 12.9. The number of benzene rings is 1. The number of ether oxygens (including phenoxy) is 1. The van der Waals surface area contributed by atoms with Gasteiger partial charge in [0.25, 0.3) is 0 Å². The van der Waals surface area contributed by atoms with E-state index in [1.54, 1.807) is 13.0 Å². The van der Waals surface area contributed by atoms with Crippen LogP contribution in [0.2, 0.25) is 0 Å². The van der Waals surface area contributed by atoms with Gasteiger partial charge >= 0.3 is 0 Å². The lowest BCUT2D eigenvalue weighted by atomic mass is 10.2. The maximum absolute atomic E-state index is 12.4. The van der Waals surface area contributed by atoms with Crippen LogP contribution in [-0.2, 0) is 21.4 Å². The third-order valence-electron chi connectivity index (χ3n) is 3.08. The molecule has 1 fully saturated rings. The Morgan fingerprint density at radius 2 is 2.26 bits per heavy atom. The molecule has 0 spiro atoms. The third kappa shape index (κ3) is 3.35. The Morgan fingerprint density at radius 1 is 1.53 bits per heavy atom. The van der Waals surface area contributed by atoms with Gasteiger partial charge in [-0.2, -0.15) is 0 Å². The van der Waals surface area contributed by atoms with Gasteiger partial charge in [-0.05, 0) is 36.6 Å². The van der Waals surface area contributed by atoms with Gasteiger partial charge in [0.15, 0.2) is 0 Å². The molecule has 2 N–H and O–H groups in total. The molecular weight excluding hydrogens is 334 g/mol. The zero-order valence-electron chi connectivity index (χ0n) is 10.5. The van der Waals surface area contributed by atoms with E-state index in [-0.39, 0.29) is 17.5 Å². The van der Waals surface area contributed by atoms with Gasteiger partial charge in [-0.15, -0.1) is 0 Å². The lowest BCUT2D eigenvalue weighted by Crippen LogP contribution is -2.35. The van der Waals surface area contributed by atoms with Crippen molar-refractivity contribution in [2.45, 2.75) is 30.9 Å². The minimum atomic E-state index is -3.60. The Balaban J connectivity index is 2.36. The van der Waals surface area contributed by atoms with Crippen LogP contribution >= 0.6 is 15.9 Å². The Labute approximate surface area is 121 Å². The van der Waals surface area contributed by atoms with Crippen molar-refractivity contribution in [3.05, 3.63) is 27.7 Å². The summed E-state index contributed by atoms with van der Waals surface area (Å²) in [5, 5.41) is 9.17. The van der Waals surface area contributed by atoms with E-state index in [0.29, 0.717) is 35.2 Å². The van der Waals surface area contributed by atoms with E-state index in [2.05, 4.69) is 20.7 Å². The summed E-state index contributed by atoms with van der Waals surface area (Å²) >= 11 is 3.31. The van der Waals surface area contributed by atoms with Crippen LogP contribution in [0.4, 0.5) is 0 Å². The predicted molar refractivity (Wildman–Crippen MR) is 74.3 cm³/mol. The van der Waals surface area contributed by atoms with Crippen LogP contribution < -0.4 is 4.72 Å². The summed E-state index contributed by atoms with van der Waals surface area (Å²) in [5.74, 6) is 0. The first kappa shape index (κ1) is 14.9. The molecule has 1 aliphatic rings. The number of aliphatic hydroxyl groups is 1. The summed E-state index contributed by atoms with van der Waals surface area (Å²) in [7, 11) is -3.60. The predicted octanol–water partition coefficient (Wildman–Crippen LogP) is 1.32. The highest BCUT2D eigenvalue weighted by atomic mass is 79.9. The van der Waals surface area contributed by atoms with Crippen LogP contribution in [0.15, 0.2) is 21.5 Å². The minimum Gasteiger partial charge on any atom is -0.392 e. The van der Waals surface area contributed by atoms with Gasteiger partial charge in [-0.3, -0.25) is 0 Å². The summed E-state index contributed by atoms with van der Waals surface area (Å²) in [6.07, 6.45) is 0.680. The number of hydrogen-bond acceptors (Lipinski definition) is 4. The summed E-state index contributed by atoms with van der Waals surface area (Å²) in [4.78, 5) is 0.192. The molecule has 1 aromatic carbocycles. The Morgan fingerprint density at radius 3 is 2.84 bits per heavy atom. The molecule has 1 unspecified atom stereocenters. The van der Waals surface area contributed by atoms with E-state index >= 15 is 0 Å². The molecule has 2 rings (SSSR count). The fraction of sp³-hybridized carbons (Fsp3) is 0.500. The molecule has 7 heteroatoms. The van der Waals surface area contributed by atoms with E-state index < -0.39 is 10.0 Å². The maximum Gasteiger partial charge on any atom is 0.241 e. The molecule has 106 valence electrons. The average Bonchev–Trinajstić information content (AvgIpc) is 2.84. The number of rotatable bonds is 4. The summed E-state index contributed by atoms with van der Waals surface area (Å²) in [5.41, 5.74) is 1.18. The van der Waals surface area contributed by atoms with Gasteiger partial charge in [0.1, 0.15) is 0 Å². The van der Waals surface area contributed by atoms with Gasteiger partial charge in [-0.1, -0.05) is 15.9 Å². The molecule has 0 aliphatic carbocycles. The van der Waals surface area contributed by atoms with Crippen molar-refractivity contribution >= 4 is 26.0 Å². The highest BCUT2D eigenvalue weighted by molar-refractivity contribution is 9.10. The Kier molecular flexibility index (Phi) is 4.62. The molecule has 1 aliphatic heterocycles. The summed E-state index contributed by atoms with van der Waals surface area (Å²) in [6.45, 7) is 2.50. The molecule has 1 atom stereocenters. The molecule has 5 nitrogen and oxygen atoms in total. The molecule has 0 radical (unpaired) electrons. The van der Waals surface area contributed by atoms with Crippen LogP contribution in [-0.4, -0.2) is 32.8 Å². The third-order valence-corrected chi connectivity index (χ3v) is 5.55. The fourth-order valence-electron chi connectivity index (χ4n) is 1.99. The van der Waals surface area contributed by atoms with Crippen molar-refractivity contribution in [1.29, 1.82) is 0 Å². The highest BCUT2D eigenvalue weighted by Gasteiger charge is 2.25. The van der Waals surface area contributed by atoms with Crippen LogP contribution in [0, 0.1) is 6.92 Å². The Hall–Kier alpha value is -0.470. The highest BCUT2D eigenvalue weighted by Crippen LogP contribution is 2.26. The Bertz CT molecular complexity index is 567. The maximum atomic E-state index is 12.4. The summed E-state index contributed by atoms with van der Waals surface area (Å²) < 4.78 is 33.2. The second-order valence-electron chi connectivity index (χ2n) is 4.54. The minimum absolute atomic E-state index is 0.180. The van der Waals surface area contributed by atoms with Gasteiger partial charge in [0.2, 0.25) is 10.0 Å². The molecule has 0 bridgehead atoms. The van der Waals surface area contributed by atoms with Crippen molar-refractivity contribution in [3.63, 3.8) is 0 Å². The van der Waals surface area contributed by atoms with Crippen LogP contribution in [0.5, 0.6) is 0 Å². The van der Waals surface area contributed by atoms with E-state index in [9.17, 15) is 13.5 Å². The van der Waals surface area contributed by atoms with E-state index in [1.807, 2.05) is 0 Å². The molecule has 19 heavy (non-hydrogen) atoms. The van der Waals surface area contributed by atoms with Crippen LogP contribution in [0.3, 0.4) is 0 Å². The van der Waals surface area contributed by atoms with Gasteiger partial charge < -0.3 is 9.84 Å². The quantitative estimate of drug-likeness (QED) is 0.859. The number of hydrogen-bond donors (Lipinski definition) is 2. The van der Waals surface area contributed by atoms with Crippen molar-refractivity contribution in [3.8, 4) is 0 Å². The smallest absolute Gasteiger partial charge is 0.241 e. The first-order valence-corrected chi connectivity index (χ1v) is 8.21. The van der Waals surface area contributed by atoms with Crippen molar-refractivity contribution in [1.82, 2.24) is 4.72 Å². The van der Waals surface area contributed by atoms with Crippen molar-refractivity contribution in [2.24, 2.45) is 0 Å². The topological polar surface area (TPSA) is 75.6 Å². The molecule has 1 aromatic rings. The number of aliphatic hydroxyl groups excluding tert-OH is 1. The first-order valence-electron chi connectivity index (χ1n) is 5.94. The van der Waals surface area contributed by atoms with Gasteiger partial charge in [0.05, 0.1) is 18.1 Å². The second kappa shape index (κ2) is 5.88. The van der Waals surface area contributed by atoms with Gasteiger partial charge in [-0.25, -0.2) is 13.1 Å². The monoisotopic (exact) mass is 349 g/mol. The SMILES string of the molecule is Cc1c(Br)cc(CO)cc1S(=O)(=O)NC1CCOC1. The van der Waals surface area contributed by atoms with E-state index in [0.717, 1.165) is 0 Å². The lowest BCUT2D eigenvalue weighted by Gasteiger charge is -2.15. The molecule has 0 aromatic heterocycles. The molecular formula is C12H16BrNO4S. The lowest BCUT2D eigenvalue weighted by molar-refractivity contribution is 0.192. The van der Waals surface area contributed by atoms with Crippen molar-refractivity contribution in [2.75, 3.05) is 13.2 Å². The molecule has 1 saturated heterocycles. The zero-order chi connectivity index (χ0) is 14.0. The molecule has 0 saturated carbocycles. The van der Waals surface area contributed by atoms with Crippen LogP contribution in [0.1, 0.15) is 17.5 Å². The van der Waals surface area contributed by atoms with E-state index in [4.69, 9.17) is 4.74 Å². The van der Waals surface area contributed by atoms with Gasteiger partial charge in [0, 0.05) is 17.1 Å². The fourth-order valence-corrected chi connectivity index (χ4v) is 4.20. The van der Waals surface area contributed by atoms with Crippen LogP contribution in [0.25, 0.3) is 0 Å².